The van der Waals surface area contributed by atoms with Gasteiger partial charge in [-0.1, -0.05) is 31.0 Å². The van der Waals surface area contributed by atoms with Crippen LogP contribution in [-0.2, 0) is 9.59 Å². The summed E-state index contributed by atoms with van der Waals surface area (Å²) in [6.07, 6.45) is 3.08. The Hall–Kier alpha value is -3.60. The minimum atomic E-state index is -0.851. The molecule has 2 fully saturated rings. The Bertz CT molecular complexity index is 1080. The zero-order valence-electron chi connectivity index (χ0n) is 20.0. The molecule has 4 rings (SSSR count). The lowest BCUT2D eigenvalue weighted by atomic mass is 9.77. The highest BCUT2D eigenvalue weighted by molar-refractivity contribution is 5.88. The summed E-state index contributed by atoms with van der Waals surface area (Å²) in [5.41, 5.74) is 1.54. The van der Waals surface area contributed by atoms with Crippen molar-refractivity contribution in [3.63, 3.8) is 0 Å². The van der Waals surface area contributed by atoms with Crippen molar-refractivity contribution in [1.82, 2.24) is 10.2 Å². The number of carbonyl (C=O) groups excluding carboxylic acids is 2. The number of halogens is 1. The summed E-state index contributed by atoms with van der Waals surface area (Å²) in [5.74, 6) is -0.835. The Labute approximate surface area is 205 Å². The number of nitrogens with one attached hydrogen (secondary N) is 1. The fourth-order valence-corrected chi connectivity index (χ4v) is 5.15. The summed E-state index contributed by atoms with van der Waals surface area (Å²) >= 11 is 0. The van der Waals surface area contributed by atoms with Crippen molar-refractivity contribution in [1.29, 1.82) is 5.26 Å². The first-order chi connectivity index (χ1) is 17.0. The highest BCUT2D eigenvalue weighted by Gasteiger charge is 2.39. The van der Waals surface area contributed by atoms with Crippen LogP contribution in [0.3, 0.4) is 0 Å². The Morgan fingerprint density at radius 2 is 1.69 bits per heavy atom. The van der Waals surface area contributed by atoms with Gasteiger partial charge < -0.3 is 19.9 Å². The normalized spacial score (nSPS) is 21.1. The number of anilines is 1. The first kappa shape index (κ1) is 24.5. The van der Waals surface area contributed by atoms with Crippen LogP contribution in [0.25, 0.3) is 0 Å². The van der Waals surface area contributed by atoms with Gasteiger partial charge in [0, 0.05) is 49.3 Å². The lowest BCUT2D eigenvalue weighted by molar-refractivity contribution is -0.144. The van der Waals surface area contributed by atoms with Crippen LogP contribution in [0.2, 0.25) is 0 Å². The number of nitriles is 1. The van der Waals surface area contributed by atoms with Gasteiger partial charge in [0.05, 0.1) is 13.2 Å². The fraction of sp³-hybridized carbons (Fsp3) is 0.444. The molecule has 184 valence electrons. The highest BCUT2D eigenvalue weighted by atomic mass is 19.1. The topological polar surface area (TPSA) is 85.7 Å². The number of hydrogen-bond acceptors (Lipinski definition) is 5. The maximum atomic E-state index is 13.5. The van der Waals surface area contributed by atoms with E-state index in [2.05, 4.69) is 16.3 Å². The predicted octanol–water partition coefficient (Wildman–Crippen LogP) is 3.67. The zero-order valence-corrected chi connectivity index (χ0v) is 20.0. The molecule has 7 nitrogen and oxygen atoms in total. The van der Waals surface area contributed by atoms with Crippen molar-refractivity contribution in [3.05, 3.63) is 59.9 Å². The molecule has 2 aliphatic rings. The fourth-order valence-electron chi connectivity index (χ4n) is 5.15. The summed E-state index contributed by atoms with van der Waals surface area (Å²) in [4.78, 5) is 30.7. The van der Waals surface area contributed by atoms with Gasteiger partial charge in [0.25, 0.3) is 0 Å². The van der Waals surface area contributed by atoms with Gasteiger partial charge in [0.1, 0.15) is 17.6 Å². The second kappa shape index (κ2) is 11.2. The quantitative estimate of drug-likeness (QED) is 0.685. The number of nitrogens with zero attached hydrogens (tertiary/aromatic N) is 3. The molecule has 1 saturated carbocycles. The molecule has 35 heavy (non-hydrogen) atoms. The first-order valence-corrected chi connectivity index (χ1v) is 12.1. The Morgan fingerprint density at radius 1 is 1.03 bits per heavy atom. The number of hydrogen-bond donors (Lipinski definition) is 1. The minimum Gasteiger partial charge on any atom is -0.496 e. The van der Waals surface area contributed by atoms with E-state index < -0.39 is 17.9 Å². The molecule has 0 aromatic heterocycles. The summed E-state index contributed by atoms with van der Waals surface area (Å²) in [6.45, 7) is 2.43. The van der Waals surface area contributed by atoms with Crippen LogP contribution in [0.5, 0.6) is 5.75 Å². The average Bonchev–Trinajstić information content (AvgIpc) is 2.91. The van der Waals surface area contributed by atoms with Crippen LogP contribution >= 0.6 is 0 Å². The van der Waals surface area contributed by atoms with Gasteiger partial charge in [-0.3, -0.25) is 9.59 Å². The monoisotopic (exact) mass is 478 g/mol. The molecular formula is C27H31FN4O3. The van der Waals surface area contributed by atoms with E-state index in [0.717, 1.165) is 18.5 Å². The van der Waals surface area contributed by atoms with Crippen LogP contribution in [0.4, 0.5) is 10.1 Å². The molecule has 8 heteroatoms. The molecule has 3 atom stereocenters. The van der Waals surface area contributed by atoms with Crippen molar-refractivity contribution in [2.75, 3.05) is 38.2 Å². The number of amides is 2. The van der Waals surface area contributed by atoms with Gasteiger partial charge in [-0.2, -0.15) is 5.26 Å². The first-order valence-electron chi connectivity index (χ1n) is 12.1. The van der Waals surface area contributed by atoms with E-state index >= 15 is 0 Å². The third kappa shape index (κ3) is 5.56. The number of benzene rings is 2. The number of ether oxygens (including phenoxy) is 1. The van der Waals surface area contributed by atoms with E-state index in [1.54, 1.807) is 30.3 Å². The molecule has 0 radical (unpaired) electrons. The second-order valence-electron chi connectivity index (χ2n) is 9.10. The van der Waals surface area contributed by atoms with E-state index in [1.165, 1.54) is 19.2 Å². The molecule has 0 spiro atoms. The van der Waals surface area contributed by atoms with Gasteiger partial charge in [0.15, 0.2) is 0 Å². The van der Waals surface area contributed by atoms with Crippen molar-refractivity contribution in [2.45, 2.75) is 31.7 Å². The highest BCUT2D eigenvalue weighted by Crippen LogP contribution is 2.33. The smallest absolute Gasteiger partial charge is 0.226 e. The molecule has 1 aliphatic carbocycles. The molecule has 1 aliphatic heterocycles. The number of piperazine rings is 1. The maximum absolute atomic E-state index is 13.5. The third-order valence-corrected chi connectivity index (χ3v) is 7.07. The van der Waals surface area contributed by atoms with E-state index in [-0.39, 0.29) is 17.6 Å². The summed E-state index contributed by atoms with van der Waals surface area (Å²) in [7, 11) is 1.53. The molecule has 1 heterocycles. The Kier molecular flexibility index (Phi) is 7.86. The van der Waals surface area contributed by atoms with Crippen molar-refractivity contribution in [3.8, 4) is 11.8 Å². The predicted molar refractivity (Wildman–Crippen MR) is 130 cm³/mol. The van der Waals surface area contributed by atoms with Crippen molar-refractivity contribution >= 4 is 17.5 Å². The minimum absolute atomic E-state index is 0.00871. The van der Waals surface area contributed by atoms with Crippen LogP contribution in [0.1, 0.15) is 37.3 Å². The SMILES string of the molecule is COc1ccccc1C(C#N)NC(=O)[C@@H]1CCCC[C@H]1C(=O)N1CCN(c2ccc(F)cc2)CC1. The lowest BCUT2D eigenvalue weighted by Gasteiger charge is -2.39. The maximum Gasteiger partial charge on any atom is 0.226 e. The number of para-hydroxylation sites is 1. The Morgan fingerprint density at radius 3 is 2.34 bits per heavy atom. The van der Waals surface area contributed by atoms with Crippen LogP contribution in [-0.4, -0.2) is 50.0 Å². The summed E-state index contributed by atoms with van der Waals surface area (Å²) < 4.78 is 18.6. The molecule has 2 amide bonds. The molecule has 1 N–H and O–H groups in total. The second-order valence-corrected chi connectivity index (χ2v) is 9.10. The number of carbonyl (C=O) groups is 2. The molecular weight excluding hydrogens is 447 g/mol. The molecule has 2 aromatic rings. The van der Waals surface area contributed by atoms with E-state index in [1.807, 2.05) is 11.0 Å². The molecule has 0 bridgehead atoms. The van der Waals surface area contributed by atoms with Crippen molar-refractivity contribution in [2.24, 2.45) is 11.8 Å². The van der Waals surface area contributed by atoms with Gasteiger partial charge in [0.2, 0.25) is 11.8 Å². The largest absolute Gasteiger partial charge is 0.496 e. The standard InChI is InChI=1S/C27H31FN4O3/c1-35-25-9-5-4-8-23(25)24(18-29)30-26(33)21-6-2-3-7-22(21)27(34)32-16-14-31(15-17-32)20-12-10-19(28)11-13-20/h4-5,8-13,21-22,24H,2-3,6-7,14-17H2,1H3,(H,30,33)/t21-,22-,24?/m1/s1. The van der Waals surface area contributed by atoms with E-state index in [4.69, 9.17) is 4.74 Å². The zero-order chi connectivity index (χ0) is 24.8. The average molecular weight is 479 g/mol. The summed E-state index contributed by atoms with van der Waals surface area (Å²) in [6, 6.07) is 14.8. The molecule has 2 aromatic carbocycles. The third-order valence-electron chi connectivity index (χ3n) is 7.07. The number of rotatable bonds is 6. The molecule has 1 unspecified atom stereocenters. The van der Waals surface area contributed by atoms with Crippen LogP contribution in [0, 0.1) is 29.0 Å². The van der Waals surface area contributed by atoms with E-state index in [9.17, 15) is 19.2 Å². The van der Waals surface area contributed by atoms with Gasteiger partial charge in [-0.25, -0.2) is 4.39 Å². The van der Waals surface area contributed by atoms with Gasteiger partial charge in [-0.15, -0.1) is 0 Å². The van der Waals surface area contributed by atoms with Gasteiger partial charge in [-0.05, 0) is 43.2 Å². The van der Waals surface area contributed by atoms with Crippen LogP contribution < -0.4 is 15.0 Å². The Balaban J connectivity index is 1.40. The summed E-state index contributed by atoms with van der Waals surface area (Å²) in [5, 5.41) is 12.6. The van der Waals surface area contributed by atoms with Gasteiger partial charge >= 0.3 is 0 Å². The lowest BCUT2D eigenvalue weighted by Crippen LogP contribution is -2.53. The van der Waals surface area contributed by atoms with Crippen LogP contribution in [0.15, 0.2) is 48.5 Å². The molecule has 1 saturated heterocycles. The number of methoxy groups -OCH3 is 1. The van der Waals surface area contributed by atoms with Crippen molar-refractivity contribution < 1.29 is 18.7 Å². The van der Waals surface area contributed by atoms with E-state index in [0.29, 0.717) is 50.3 Å².